The fourth-order valence-electron chi connectivity index (χ4n) is 5.78. The Labute approximate surface area is 225 Å². The Bertz CT molecular complexity index is 1120. The van der Waals surface area contributed by atoms with Crippen LogP contribution >= 0.6 is 0 Å². The summed E-state index contributed by atoms with van der Waals surface area (Å²) in [7, 11) is 0. The van der Waals surface area contributed by atoms with Crippen LogP contribution in [0.4, 0.5) is 0 Å². The zero-order valence-corrected chi connectivity index (χ0v) is 23.0. The normalized spacial score (nSPS) is 21.0. The molecule has 1 saturated carbocycles. The first-order chi connectivity index (χ1) is 17.3. The van der Waals surface area contributed by atoms with E-state index in [0.717, 1.165) is 23.0 Å². The van der Waals surface area contributed by atoms with Crippen LogP contribution in [0.5, 0.6) is 0 Å². The van der Waals surface area contributed by atoms with Gasteiger partial charge in [-0.05, 0) is 0 Å². The van der Waals surface area contributed by atoms with Crippen molar-refractivity contribution in [1.82, 2.24) is 0 Å². The van der Waals surface area contributed by atoms with E-state index in [1.54, 1.807) is 0 Å². The number of ether oxygens (including phenoxy) is 1. The molecule has 1 aliphatic rings. The summed E-state index contributed by atoms with van der Waals surface area (Å²) >= 11 is 3.25. The molecule has 1 aliphatic carbocycles. The molecule has 0 bridgehead atoms. The van der Waals surface area contributed by atoms with Crippen LogP contribution in [-0.4, -0.2) is 16.5 Å². The third-order valence-corrected chi connectivity index (χ3v) is 8.40. The molecule has 4 rings (SSSR count). The van der Waals surface area contributed by atoms with Crippen molar-refractivity contribution in [3.05, 3.63) is 108 Å². The van der Waals surface area contributed by atoms with E-state index in [9.17, 15) is 4.79 Å². The van der Waals surface area contributed by atoms with Crippen molar-refractivity contribution in [2.75, 3.05) is 0 Å². The molecule has 1 fully saturated rings. The Balaban J connectivity index is 1.51. The second-order valence-corrected chi connectivity index (χ2v) is 11.7. The zero-order valence-electron chi connectivity index (χ0n) is 21.7. The molecule has 0 saturated heterocycles. The van der Waals surface area contributed by atoms with E-state index in [4.69, 9.17) is 4.74 Å². The fraction of sp³-hybridized carbons (Fsp3) is 0.394. The molecule has 188 valence electrons. The minimum absolute atomic E-state index is 0.0223. The van der Waals surface area contributed by atoms with Gasteiger partial charge in [-0.1, -0.05) is 0 Å². The molecule has 2 nitrogen and oxygen atoms in total. The summed E-state index contributed by atoms with van der Waals surface area (Å²) in [6.07, 6.45) is 4.78. The quantitative estimate of drug-likeness (QED) is 0.255. The summed E-state index contributed by atoms with van der Waals surface area (Å²) in [6, 6.07) is 30.9. The van der Waals surface area contributed by atoms with Crippen LogP contribution in [0.1, 0.15) is 80.3 Å². The summed E-state index contributed by atoms with van der Waals surface area (Å²) < 4.78 is 7.69. The van der Waals surface area contributed by atoms with Gasteiger partial charge in [0.25, 0.3) is 0 Å². The predicted molar refractivity (Wildman–Crippen MR) is 145 cm³/mol. The average molecular weight is 519 g/mol. The van der Waals surface area contributed by atoms with Gasteiger partial charge >= 0.3 is 226 Å². The van der Waals surface area contributed by atoms with Crippen molar-refractivity contribution in [2.24, 2.45) is 11.8 Å². The number of carbonyl (C=O) groups excluding carboxylic acids is 1. The van der Waals surface area contributed by atoms with E-state index >= 15 is 0 Å². The van der Waals surface area contributed by atoms with Gasteiger partial charge in [0, 0.05) is 0 Å². The standard InChI is InChI=1S/C33H38O2.Cr/c1-25-19-20-30(33(2,3)29-17-11-6-12-18-29)32(23-25)35-22-21-28(26-13-7-4-8-14-26)24-31(34)27-15-9-5-10-16-27;/h4-18,25,28,30,32H,19-21,23-24H2,1-3H3;/t25-,28-,30-,32-;/m1./s1. The summed E-state index contributed by atoms with van der Waals surface area (Å²) in [6.45, 7) is 7.07. The Morgan fingerprint density at radius 3 is 2.11 bits per heavy atom. The molecule has 3 heteroatoms. The molecule has 36 heavy (non-hydrogen) atoms. The molecular formula is C33H38CrO2. The monoisotopic (exact) mass is 518 g/mol. The molecule has 0 unspecified atom stereocenters. The maximum atomic E-state index is 13.1. The van der Waals surface area contributed by atoms with Gasteiger partial charge in [0.15, 0.2) is 0 Å². The Kier molecular flexibility index (Phi) is 9.13. The average Bonchev–Trinajstić information content (AvgIpc) is 2.89. The molecule has 3 aromatic rings. The molecule has 0 spiro atoms. The van der Waals surface area contributed by atoms with Gasteiger partial charge in [0.05, 0.1) is 0 Å². The third kappa shape index (κ3) is 6.71. The molecule has 4 atom stereocenters. The molecule has 0 amide bonds. The number of benzene rings is 3. The van der Waals surface area contributed by atoms with Crippen molar-refractivity contribution >= 4 is 10.3 Å². The Hall–Kier alpha value is -2.31. The van der Waals surface area contributed by atoms with E-state index < -0.39 is 0 Å². The van der Waals surface area contributed by atoms with Crippen molar-refractivity contribution in [1.29, 1.82) is 0 Å². The fourth-order valence-corrected chi connectivity index (χ4v) is 6.29. The summed E-state index contributed by atoms with van der Waals surface area (Å²) in [4.78, 5) is 13.1. The maximum absolute atomic E-state index is 13.1. The van der Waals surface area contributed by atoms with E-state index in [0.29, 0.717) is 24.7 Å². The van der Waals surface area contributed by atoms with E-state index in [-0.39, 0.29) is 23.2 Å². The summed E-state index contributed by atoms with van der Waals surface area (Å²) in [5, 5.41) is 0. The van der Waals surface area contributed by atoms with Crippen molar-refractivity contribution in [3.63, 3.8) is 0 Å². The van der Waals surface area contributed by atoms with Gasteiger partial charge in [-0.25, -0.2) is 0 Å². The SMILES string of the molecule is C[C@@H]1CC[C@@H](C(C)(C)c2ccccc2)[C@H](O[C](=[Cr])C[C@H](CC(=O)c2ccccc2)c2ccccc2)C1. The minimum atomic E-state index is 0.0223. The first-order valence-electron chi connectivity index (χ1n) is 13.2. The van der Waals surface area contributed by atoms with E-state index in [2.05, 4.69) is 91.2 Å². The van der Waals surface area contributed by atoms with Crippen molar-refractivity contribution in [2.45, 2.75) is 70.3 Å². The second-order valence-electron chi connectivity index (χ2n) is 10.9. The molecule has 0 heterocycles. The van der Waals surface area contributed by atoms with Gasteiger partial charge in [-0.15, -0.1) is 0 Å². The van der Waals surface area contributed by atoms with Crippen molar-refractivity contribution < 1.29 is 25.4 Å². The first-order valence-corrected chi connectivity index (χ1v) is 13.9. The molecule has 0 N–H and O–H groups in total. The zero-order chi connectivity index (χ0) is 25.5. The number of hydrogen-bond donors (Lipinski definition) is 0. The van der Waals surface area contributed by atoms with Gasteiger partial charge in [0.1, 0.15) is 0 Å². The number of Topliss-reactive ketones (excluding diaryl/α,β-unsaturated/α-hetero) is 1. The van der Waals surface area contributed by atoms with E-state index in [1.807, 2.05) is 36.4 Å². The first kappa shape index (κ1) is 26.7. The topological polar surface area (TPSA) is 26.3 Å². The van der Waals surface area contributed by atoms with Crippen LogP contribution in [-0.2, 0) is 26.0 Å². The Morgan fingerprint density at radius 1 is 0.889 bits per heavy atom. The van der Waals surface area contributed by atoms with Gasteiger partial charge < -0.3 is 0 Å². The van der Waals surface area contributed by atoms with Crippen LogP contribution in [0.3, 0.4) is 0 Å². The van der Waals surface area contributed by atoms with Crippen LogP contribution in [0.25, 0.3) is 0 Å². The Morgan fingerprint density at radius 2 is 1.47 bits per heavy atom. The molecule has 0 aromatic heterocycles. The number of ketones is 1. The predicted octanol–water partition coefficient (Wildman–Crippen LogP) is 7.91. The number of rotatable bonds is 10. The second kappa shape index (κ2) is 12.3. The van der Waals surface area contributed by atoms with Crippen LogP contribution in [0, 0.1) is 11.8 Å². The van der Waals surface area contributed by atoms with Crippen LogP contribution in [0.2, 0.25) is 0 Å². The van der Waals surface area contributed by atoms with E-state index in [1.165, 1.54) is 17.5 Å². The molecule has 0 aliphatic heterocycles. The summed E-state index contributed by atoms with van der Waals surface area (Å²) in [5.74, 6) is 1.32. The van der Waals surface area contributed by atoms with Crippen molar-refractivity contribution in [3.8, 4) is 0 Å². The number of carbonyl (C=O) groups is 1. The summed E-state index contributed by atoms with van der Waals surface area (Å²) in [5.41, 5.74) is 3.34. The van der Waals surface area contributed by atoms with Gasteiger partial charge in [-0.3, -0.25) is 0 Å². The number of hydrogen-bond acceptors (Lipinski definition) is 2. The van der Waals surface area contributed by atoms with Crippen LogP contribution < -0.4 is 0 Å². The molecule has 0 radical (unpaired) electrons. The third-order valence-electron chi connectivity index (χ3n) is 7.99. The van der Waals surface area contributed by atoms with Gasteiger partial charge in [-0.2, -0.15) is 0 Å². The molecular weight excluding hydrogens is 480 g/mol. The van der Waals surface area contributed by atoms with Crippen LogP contribution in [0.15, 0.2) is 91.0 Å². The van der Waals surface area contributed by atoms with Gasteiger partial charge in [0.2, 0.25) is 0 Å². The molecule has 3 aromatic carbocycles.